The molecule has 1 aliphatic rings. The number of nitrogens with two attached hydrogens (primary N) is 1. The van der Waals surface area contributed by atoms with Crippen LogP contribution in [-0.4, -0.2) is 26.3 Å². The highest BCUT2D eigenvalue weighted by atomic mass is 35.5. The summed E-state index contributed by atoms with van der Waals surface area (Å²) < 4.78 is 5.38. The standard InChI is InChI=1S/C13H19ClN2O/c1-17-12-4-6-16(7-5-12)13-3-2-11(14)8-10(13)9-15/h2-3,8,12H,4-7,9,15H2,1H3. The van der Waals surface area contributed by atoms with Crippen LogP contribution in [0.5, 0.6) is 0 Å². The van der Waals surface area contributed by atoms with Crippen LogP contribution in [0.25, 0.3) is 0 Å². The SMILES string of the molecule is COC1CCN(c2ccc(Cl)cc2CN)CC1. The quantitative estimate of drug-likeness (QED) is 0.900. The molecule has 2 rings (SSSR count). The fraction of sp³-hybridized carbons (Fsp3) is 0.538. The molecule has 0 spiro atoms. The van der Waals surface area contributed by atoms with Crippen LogP contribution in [0.1, 0.15) is 18.4 Å². The van der Waals surface area contributed by atoms with Crippen molar-refractivity contribution in [2.45, 2.75) is 25.5 Å². The zero-order valence-corrected chi connectivity index (χ0v) is 10.9. The number of anilines is 1. The number of hydrogen-bond donors (Lipinski definition) is 1. The third-order valence-electron chi connectivity index (χ3n) is 3.38. The third kappa shape index (κ3) is 2.92. The lowest BCUT2D eigenvalue weighted by Crippen LogP contribution is -2.37. The van der Waals surface area contributed by atoms with Crippen LogP contribution in [0.2, 0.25) is 5.02 Å². The Balaban J connectivity index is 2.12. The maximum atomic E-state index is 5.99. The molecule has 0 aliphatic carbocycles. The summed E-state index contributed by atoms with van der Waals surface area (Å²) in [7, 11) is 1.79. The second-order valence-electron chi connectivity index (χ2n) is 4.40. The van der Waals surface area contributed by atoms with Crippen molar-refractivity contribution in [1.82, 2.24) is 0 Å². The zero-order chi connectivity index (χ0) is 12.3. The van der Waals surface area contributed by atoms with Gasteiger partial charge in [-0.2, -0.15) is 0 Å². The molecule has 0 bridgehead atoms. The Kier molecular flexibility index (Phi) is 4.26. The summed E-state index contributed by atoms with van der Waals surface area (Å²) in [5, 5.41) is 0.751. The molecule has 0 unspecified atom stereocenters. The molecule has 3 nitrogen and oxygen atoms in total. The average Bonchev–Trinajstić information content (AvgIpc) is 2.39. The first-order valence-corrected chi connectivity index (χ1v) is 6.38. The summed E-state index contributed by atoms with van der Waals surface area (Å²) in [4.78, 5) is 2.37. The highest BCUT2D eigenvalue weighted by Crippen LogP contribution is 2.27. The van der Waals surface area contributed by atoms with E-state index >= 15 is 0 Å². The van der Waals surface area contributed by atoms with Gasteiger partial charge in [0.1, 0.15) is 0 Å². The zero-order valence-electron chi connectivity index (χ0n) is 10.2. The smallest absolute Gasteiger partial charge is 0.0605 e. The first-order valence-electron chi connectivity index (χ1n) is 6.01. The van der Waals surface area contributed by atoms with E-state index in [0.717, 1.165) is 36.5 Å². The van der Waals surface area contributed by atoms with E-state index in [0.29, 0.717) is 12.6 Å². The fourth-order valence-corrected chi connectivity index (χ4v) is 2.55. The van der Waals surface area contributed by atoms with Crippen molar-refractivity contribution in [3.63, 3.8) is 0 Å². The number of ether oxygens (including phenoxy) is 1. The van der Waals surface area contributed by atoms with Crippen molar-refractivity contribution in [2.75, 3.05) is 25.1 Å². The van der Waals surface area contributed by atoms with Crippen molar-refractivity contribution < 1.29 is 4.74 Å². The lowest BCUT2D eigenvalue weighted by molar-refractivity contribution is 0.0819. The first-order chi connectivity index (χ1) is 8.24. The van der Waals surface area contributed by atoms with Gasteiger partial charge in [0.2, 0.25) is 0 Å². The Labute approximate surface area is 107 Å². The molecule has 1 aromatic rings. The Hall–Kier alpha value is -0.770. The lowest BCUT2D eigenvalue weighted by Gasteiger charge is -2.34. The van der Waals surface area contributed by atoms with Gasteiger partial charge in [-0.1, -0.05) is 11.6 Å². The van der Waals surface area contributed by atoms with Crippen LogP contribution in [0.15, 0.2) is 18.2 Å². The van der Waals surface area contributed by atoms with E-state index in [-0.39, 0.29) is 0 Å². The molecular formula is C13H19ClN2O. The molecule has 1 saturated heterocycles. The minimum Gasteiger partial charge on any atom is -0.381 e. The predicted molar refractivity (Wildman–Crippen MR) is 71.6 cm³/mol. The van der Waals surface area contributed by atoms with Crippen LogP contribution < -0.4 is 10.6 Å². The maximum Gasteiger partial charge on any atom is 0.0605 e. The van der Waals surface area contributed by atoms with E-state index in [1.165, 1.54) is 5.69 Å². The summed E-state index contributed by atoms with van der Waals surface area (Å²) in [5.74, 6) is 0. The number of halogens is 1. The first kappa shape index (κ1) is 12.7. The number of benzene rings is 1. The van der Waals surface area contributed by atoms with Crippen LogP contribution in [0, 0.1) is 0 Å². The molecular weight excluding hydrogens is 236 g/mol. The summed E-state index contributed by atoms with van der Waals surface area (Å²) in [6.45, 7) is 2.57. The molecule has 4 heteroatoms. The summed E-state index contributed by atoms with van der Waals surface area (Å²) in [6, 6.07) is 5.95. The molecule has 0 radical (unpaired) electrons. The molecule has 0 aromatic heterocycles. The van der Waals surface area contributed by atoms with Gasteiger partial charge in [-0.3, -0.25) is 0 Å². The van der Waals surface area contributed by atoms with Crippen LogP contribution in [-0.2, 0) is 11.3 Å². The van der Waals surface area contributed by atoms with E-state index in [4.69, 9.17) is 22.1 Å². The molecule has 17 heavy (non-hydrogen) atoms. The molecule has 94 valence electrons. The Morgan fingerprint density at radius 1 is 1.41 bits per heavy atom. The molecule has 1 aliphatic heterocycles. The van der Waals surface area contributed by atoms with Gasteiger partial charge in [-0.15, -0.1) is 0 Å². The summed E-state index contributed by atoms with van der Waals surface area (Å²) >= 11 is 5.99. The second-order valence-corrected chi connectivity index (χ2v) is 4.84. The summed E-state index contributed by atoms with van der Waals surface area (Å²) in [6.07, 6.45) is 2.55. The van der Waals surface area contributed by atoms with Crippen molar-refractivity contribution in [2.24, 2.45) is 5.73 Å². The van der Waals surface area contributed by atoms with Crippen molar-refractivity contribution in [3.8, 4) is 0 Å². The van der Waals surface area contributed by atoms with E-state index in [9.17, 15) is 0 Å². The molecule has 2 N–H and O–H groups in total. The highest BCUT2D eigenvalue weighted by Gasteiger charge is 2.20. The topological polar surface area (TPSA) is 38.5 Å². The van der Waals surface area contributed by atoms with Gasteiger partial charge < -0.3 is 15.4 Å². The average molecular weight is 255 g/mol. The largest absolute Gasteiger partial charge is 0.381 e. The summed E-state index contributed by atoms with van der Waals surface area (Å²) in [5.41, 5.74) is 8.10. The number of methoxy groups -OCH3 is 1. The number of hydrogen-bond acceptors (Lipinski definition) is 3. The molecule has 1 aromatic carbocycles. The number of rotatable bonds is 3. The van der Waals surface area contributed by atoms with Crippen molar-refractivity contribution in [1.29, 1.82) is 0 Å². The monoisotopic (exact) mass is 254 g/mol. The molecule has 1 fully saturated rings. The fourth-order valence-electron chi connectivity index (χ4n) is 2.36. The van der Waals surface area contributed by atoms with Gasteiger partial charge in [0.25, 0.3) is 0 Å². The Morgan fingerprint density at radius 3 is 2.71 bits per heavy atom. The predicted octanol–water partition coefficient (Wildman–Crippen LogP) is 2.41. The van der Waals surface area contributed by atoms with Gasteiger partial charge in [0.15, 0.2) is 0 Å². The molecule has 1 heterocycles. The number of nitrogens with zero attached hydrogens (tertiary/aromatic N) is 1. The highest BCUT2D eigenvalue weighted by molar-refractivity contribution is 6.30. The minimum atomic E-state index is 0.403. The van der Waals surface area contributed by atoms with Gasteiger partial charge >= 0.3 is 0 Å². The Morgan fingerprint density at radius 2 is 2.12 bits per heavy atom. The van der Waals surface area contributed by atoms with Crippen LogP contribution in [0.4, 0.5) is 5.69 Å². The van der Waals surface area contributed by atoms with E-state index < -0.39 is 0 Å². The maximum absolute atomic E-state index is 5.99. The molecule has 0 saturated carbocycles. The van der Waals surface area contributed by atoms with Gasteiger partial charge in [0.05, 0.1) is 6.10 Å². The van der Waals surface area contributed by atoms with E-state index in [2.05, 4.69) is 11.0 Å². The minimum absolute atomic E-state index is 0.403. The Bertz CT molecular complexity index is 376. The lowest BCUT2D eigenvalue weighted by atomic mass is 10.0. The van der Waals surface area contributed by atoms with Crippen LogP contribution >= 0.6 is 11.6 Å². The number of piperidine rings is 1. The molecule has 0 amide bonds. The molecule has 0 atom stereocenters. The third-order valence-corrected chi connectivity index (χ3v) is 3.61. The second kappa shape index (κ2) is 5.71. The van der Waals surface area contributed by atoms with Gasteiger partial charge in [-0.25, -0.2) is 0 Å². The van der Waals surface area contributed by atoms with Crippen molar-refractivity contribution >= 4 is 17.3 Å². The van der Waals surface area contributed by atoms with Gasteiger partial charge in [-0.05, 0) is 36.6 Å². The van der Waals surface area contributed by atoms with E-state index in [1.54, 1.807) is 7.11 Å². The van der Waals surface area contributed by atoms with E-state index in [1.807, 2.05) is 12.1 Å². The van der Waals surface area contributed by atoms with Gasteiger partial charge in [0, 0.05) is 37.5 Å². The van der Waals surface area contributed by atoms with Crippen molar-refractivity contribution in [3.05, 3.63) is 28.8 Å². The van der Waals surface area contributed by atoms with Crippen LogP contribution in [0.3, 0.4) is 0 Å². The normalized spacial score (nSPS) is 17.5.